The quantitative estimate of drug-likeness (QED) is 0.457. The van der Waals surface area contributed by atoms with Crippen molar-refractivity contribution >= 4 is 16.7 Å². The Kier molecular flexibility index (Phi) is 6.75. The van der Waals surface area contributed by atoms with Gasteiger partial charge in [-0.05, 0) is 91.8 Å². The van der Waals surface area contributed by atoms with Crippen molar-refractivity contribution in [3.05, 3.63) is 47.3 Å². The van der Waals surface area contributed by atoms with Crippen LogP contribution in [-0.4, -0.2) is 12.6 Å². The molecule has 2 saturated carbocycles. The molecule has 162 valence electrons. The Morgan fingerprint density at radius 2 is 1.83 bits per heavy atom. The molecule has 2 aliphatic carbocycles. The Hall–Kier alpha value is -1.90. The predicted molar refractivity (Wildman–Crippen MR) is 120 cm³/mol. The lowest BCUT2D eigenvalue weighted by atomic mass is 9.63. The van der Waals surface area contributed by atoms with Gasteiger partial charge in [-0.1, -0.05) is 44.7 Å². The van der Waals surface area contributed by atoms with Crippen molar-refractivity contribution in [3.63, 3.8) is 0 Å². The maximum absolute atomic E-state index is 15.0. The van der Waals surface area contributed by atoms with Gasteiger partial charge in [0.15, 0.2) is 0 Å². The van der Waals surface area contributed by atoms with Gasteiger partial charge < -0.3 is 4.74 Å². The molecule has 0 saturated heterocycles. The number of carbonyl (C=O) groups excluding carboxylic acids is 1. The van der Waals surface area contributed by atoms with Gasteiger partial charge in [-0.15, -0.1) is 0 Å². The van der Waals surface area contributed by atoms with E-state index < -0.39 is 5.97 Å². The fraction of sp³-hybridized carbons (Fsp3) is 0.593. The number of unbranched alkanes of at least 4 members (excludes halogenated alkanes) is 1. The minimum atomic E-state index is -0.393. The second-order valence-corrected chi connectivity index (χ2v) is 9.51. The van der Waals surface area contributed by atoms with Gasteiger partial charge in [-0.3, -0.25) is 0 Å². The smallest absolute Gasteiger partial charge is 0.338 e. The summed E-state index contributed by atoms with van der Waals surface area (Å²) < 4.78 is 20.0. The molecular weight excluding hydrogens is 375 g/mol. The summed E-state index contributed by atoms with van der Waals surface area (Å²) in [6.07, 6.45) is 11.9. The Balaban J connectivity index is 1.48. The molecule has 2 fully saturated rings. The van der Waals surface area contributed by atoms with Crippen molar-refractivity contribution < 1.29 is 13.9 Å². The molecule has 0 spiro atoms. The Morgan fingerprint density at radius 3 is 2.63 bits per heavy atom. The number of fused-ring (bicyclic) bond motifs is 2. The minimum absolute atomic E-state index is 0.223. The Bertz CT molecular complexity index is 890. The average Bonchev–Trinajstić information content (AvgIpc) is 2.77. The van der Waals surface area contributed by atoms with Gasteiger partial charge in [0, 0.05) is 5.39 Å². The number of esters is 1. The summed E-state index contributed by atoms with van der Waals surface area (Å²) in [4.78, 5) is 12.0. The lowest BCUT2D eigenvalue weighted by Crippen LogP contribution is -2.30. The highest BCUT2D eigenvalue weighted by molar-refractivity contribution is 5.95. The van der Waals surface area contributed by atoms with Crippen LogP contribution in [0.15, 0.2) is 30.3 Å². The number of hydrogen-bond acceptors (Lipinski definition) is 2. The second kappa shape index (κ2) is 9.49. The number of halogens is 1. The first-order valence-electron chi connectivity index (χ1n) is 12.0. The van der Waals surface area contributed by atoms with Crippen LogP contribution < -0.4 is 0 Å². The van der Waals surface area contributed by atoms with Crippen LogP contribution in [0.1, 0.15) is 93.5 Å². The maximum atomic E-state index is 15.0. The van der Waals surface area contributed by atoms with Gasteiger partial charge in [0.25, 0.3) is 0 Å². The largest absolute Gasteiger partial charge is 0.462 e. The molecule has 0 aromatic heterocycles. The van der Waals surface area contributed by atoms with Crippen LogP contribution in [0.4, 0.5) is 4.39 Å². The van der Waals surface area contributed by atoms with E-state index in [2.05, 4.69) is 13.0 Å². The Labute approximate surface area is 180 Å². The van der Waals surface area contributed by atoms with E-state index in [1.165, 1.54) is 57.8 Å². The van der Waals surface area contributed by atoms with Crippen molar-refractivity contribution in [1.82, 2.24) is 0 Å². The summed E-state index contributed by atoms with van der Waals surface area (Å²) in [6.45, 7) is 4.39. The Morgan fingerprint density at radius 1 is 1.03 bits per heavy atom. The maximum Gasteiger partial charge on any atom is 0.338 e. The topological polar surface area (TPSA) is 26.3 Å². The third kappa shape index (κ3) is 4.55. The monoisotopic (exact) mass is 410 g/mol. The molecule has 4 rings (SSSR count). The molecule has 0 amide bonds. The predicted octanol–water partition coefficient (Wildman–Crippen LogP) is 7.65. The number of carbonyl (C=O) groups is 1. The van der Waals surface area contributed by atoms with Crippen molar-refractivity contribution in [3.8, 4) is 0 Å². The van der Waals surface area contributed by atoms with Crippen molar-refractivity contribution in [2.24, 2.45) is 17.8 Å². The highest BCUT2D eigenvalue weighted by Crippen LogP contribution is 2.48. The normalized spacial score (nSPS) is 26.4. The number of benzene rings is 2. The standard InChI is InChI=1S/C27H35FO2/c1-3-5-6-18-7-8-20-14-21(10-9-19(20)13-18)24-15-22-11-12-23(27(29)30-4-2)16-25(22)26(28)17-24/h11-12,15-21H,3-10,13-14H2,1-2H3. The van der Waals surface area contributed by atoms with E-state index in [0.717, 1.165) is 28.7 Å². The fourth-order valence-corrected chi connectivity index (χ4v) is 5.96. The van der Waals surface area contributed by atoms with Crippen molar-refractivity contribution in [2.45, 2.75) is 77.6 Å². The lowest BCUT2D eigenvalue weighted by molar-refractivity contribution is 0.0526. The molecule has 2 aromatic carbocycles. The minimum Gasteiger partial charge on any atom is -0.462 e. The zero-order valence-electron chi connectivity index (χ0n) is 18.5. The van der Waals surface area contributed by atoms with Crippen LogP contribution >= 0.6 is 0 Å². The van der Waals surface area contributed by atoms with E-state index in [4.69, 9.17) is 4.74 Å². The molecular formula is C27H35FO2. The molecule has 2 aliphatic rings. The van der Waals surface area contributed by atoms with E-state index >= 15 is 0 Å². The number of ether oxygens (including phenoxy) is 1. The van der Waals surface area contributed by atoms with Gasteiger partial charge in [0.05, 0.1) is 12.2 Å². The molecule has 0 heterocycles. The van der Waals surface area contributed by atoms with Crippen LogP contribution in [-0.2, 0) is 4.74 Å². The van der Waals surface area contributed by atoms with E-state index in [-0.39, 0.29) is 5.82 Å². The van der Waals surface area contributed by atoms with Gasteiger partial charge in [-0.2, -0.15) is 0 Å². The first kappa shape index (κ1) is 21.3. The summed E-state index contributed by atoms with van der Waals surface area (Å²) in [5.41, 5.74) is 1.55. The second-order valence-electron chi connectivity index (χ2n) is 9.51. The molecule has 4 atom stereocenters. The molecule has 0 aliphatic heterocycles. The molecule has 0 N–H and O–H groups in total. The fourth-order valence-electron chi connectivity index (χ4n) is 5.96. The summed E-state index contributed by atoms with van der Waals surface area (Å²) >= 11 is 0. The highest BCUT2D eigenvalue weighted by Gasteiger charge is 2.36. The number of rotatable bonds is 6. The number of hydrogen-bond donors (Lipinski definition) is 0. The van der Waals surface area contributed by atoms with E-state index in [9.17, 15) is 9.18 Å². The van der Waals surface area contributed by atoms with E-state index in [0.29, 0.717) is 23.5 Å². The first-order valence-corrected chi connectivity index (χ1v) is 12.0. The third-order valence-electron chi connectivity index (χ3n) is 7.60. The van der Waals surface area contributed by atoms with Crippen molar-refractivity contribution in [2.75, 3.05) is 6.61 Å². The summed E-state index contributed by atoms with van der Waals surface area (Å²) in [5, 5.41) is 1.39. The first-order chi connectivity index (χ1) is 14.6. The van der Waals surface area contributed by atoms with Gasteiger partial charge in [0.2, 0.25) is 0 Å². The van der Waals surface area contributed by atoms with Crippen molar-refractivity contribution in [1.29, 1.82) is 0 Å². The highest BCUT2D eigenvalue weighted by atomic mass is 19.1. The molecule has 4 unspecified atom stereocenters. The summed E-state index contributed by atoms with van der Waals surface area (Å²) in [7, 11) is 0. The SMILES string of the molecule is CCCCC1CCC2CC(c3cc(F)c4cc(C(=O)OCC)ccc4c3)CCC2C1. The van der Waals surface area contributed by atoms with Gasteiger partial charge in [-0.25, -0.2) is 9.18 Å². The summed E-state index contributed by atoms with van der Waals surface area (Å²) in [6, 6.07) is 9.10. The van der Waals surface area contributed by atoms with Gasteiger partial charge >= 0.3 is 5.97 Å². The van der Waals surface area contributed by atoms with E-state index in [1.54, 1.807) is 25.1 Å². The van der Waals surface area contributed by atoms with Crippen LogP contribution in [0.25, 0.3) is 10.8 Å². The molecule has 2 aromatic rings. The van der Waals surface area contributed by atoms with Crippen LogP contribution in [0.5, 0.6) is 0 Å². The zero-order valence-corrected chi connectivity index (χ0v) is 18.5. The zero-order chi connectivity index (χ0) is 21.1. The average molecular weight is 411 g/mol. The molecule has 0 radical (unpaired) electrons. The molecule has 2 nitrogen and oxygen atoms in total. The molecule has 3 heteroatoms. The van der Waals surface area contributed by atoms with E-state index in [1.807, 2.05) is 6.07 Å². The third-order valence-corrected chi connectivity index (χ3v) is 7.60. The van der Waals surface area contributed by atoms with Crippen LogP contribution in [0.2, 0.25) is 0 Å². The van der Waals surface area contributed by atoms with Gasteiger partial charge in [0.1, 0.15) is 5.82 Å². The van der Waals surface area contributed by atoms with Crippen LogP contribution in [0, 0.1) is 23.6 Å². The molecule has 0 bridgehead atoms. The lowest BCUT2D eigenvalue weighted by Gasteiger charge is -2.42. The molecule has 30 heavy (non-hydrogen) atoms. The van der Waals surface area contributed by atoms with Crippen LogP contribution in [0.3, 0.4) is 0 Å². The summed E-state index contributed by atoms with van der Waals surface area (Å²) in [5.74, 6) is 2.48.